The van der Waals surface area contributed by atoms with E-state index in [0.717, 1.165) is 0 Å². The Morgan fingerprint density at radius 3 is 2.62 bits per heavy atom. The molecule has 0 aromatic carbocycles. The van der Waals surface area contributed by atoms with E-state index >= 15 is 0 Å². The molecule has 0 atom stereocenters. The van der Waals surface area contributed by atoms with Crippen molar-refractivity contribution in [2.75, 3.05) is 0 Å². The molecule has 1 heterocycles. The van der Waals surface area contributed by atoms with Gasteiger partial charge in [-0.3, -0.25) is 0 Å². The van der Waals surface area contributed by atoms with Crippen LogP contribution in [-0.2, 0) is 0 Å². The molecule has 0 amide bonds. The van der Waals surface area contributed by atoms with Crippen molar-refractivity contribution in [3.63, 3.8) is 0 Å². The lowest BCUT2D eigenvalue weighted by Gasteiger charge is -1.73. The second-order valence-corrected chi connectivity index (χ2v) is 5.43. The molecule has 0 fully saturated rings. The first-order valence-electron chi connectivity index (χ1n) is 2.28. The highest BCUT2D eigenvalue weighted by molar-refractivity contribution is 14.2. The van der Waals surface area contributed by atoms with E-state index < -0.39 is 0 Å². The van der Waals surface area contributed by atoms with Crippen molar-refractivity contribution in [3.8, 4) is 0 Å². The Kier molecular flexibility index (Phi) is 2.19. The minimum atomic E-state index is 0.0987. The number of hydrogen-bond donors (Lipinski definition) is 0. The van der Waals surface area contributed by atoms with Crippen LogP contribution in [0.2, 0.25) is 0 Å². The van der Waals surface area contributed by atoms with Gasteiger partial charge in [0, 0.05) is 4.88 Å². The molecule has 0 aliphatic rings. The second kappa shape index (κ2) is 2.73. The van der Waals surface area contributed by atoms with Crippen molar-refractivity contribution in [2.45, 2.75) is 6.92 Å². The molecule has 0 aliphatic carbocycles. The van der Waals surface area contributed by atoms with Gasteiger partial charge in [0.1, 0.15) is 0 Å². The SMILES string of the molecule is C=Ic1ccc(C)s1. The third-order valence-corrected chi connectivity index (χ3v) is 4.13. The Labute approximate surface area is 63.3 Å². The standard InChI is InChI=1S/C6H7IS/c1-5-3-4-6(7-2)8-5/h3-4H,2H2,1H3. The number of hydrogen-bond acceptors (Lipinski definition) is 1. The van der Waals surface area contributed by atoms with Gasteiger partial charge >= 0.3 is 0 Å². The molecule has 0 nitrogen and oxygen atoms in total. The fourth-order valence-corrected chi connectivity index (χ4v) is 3.05. The number of aryl methyl sites for hydroxylation is 1. The average Bonchev–Trinajstić information content (AvgIpc) is 2.14. The van der Waals surface area contributed by atoms with Gasteiger partial charge in [-0.25, -0.2) is 0 Å². The predicted octanol–water partition coefficient (Wildman–Crippen LogP) is 2.63. The van der Waals surface area contributed by atoms with Gasteiger partial charge in [-0.15, -0.1) is 11.3 Å². The van der Waals surface area contributed by atoms with E-state index in [-0.39, 0.29) is 20.7 Å². The molecular weight excluding hydrogens is 231 g/mol. The molecule has 0 saturated heterocycles. The summed E-state index contributed by atoms with van der Waals surface area (Å²) in [5, 5.41) is 0. The van der Waals surface area contributed by atoms with Gasteiger partial charge in [0.2, 0.25) is 0 Å². The van der Waals surface area contributed by atoms with E-state index in [9.17, 15) is 0 Å². The molecule has 0 spiro atoms. The predicted molar refractivity (Wildman–Crippen MR) is 48.9 cm³/mol. The molecule has 0 N–H and O–H groups in total. The van der Waals surface area contributed by atoms with Crippen molar-refractivity contribution < 1.29 is 0 Å². The molecule has 0 radical (unpaired) electrons. The number of halogens is 1. The van der Waals surface area contributed by atoms with E-state index in [2.05, 4.69) is 23.6 Å². The molecule has 44 valence electrons. The zero-order chi connectivity index (χ0) is 5.98. The van der Waals surface area contributed by atoms with Gasteiger partial charge in [0.25, 0.3) is 0 Å². The van der Waals surface area contributed by atoms with Crippen LogP contribution in [0.15, 0.2) is 12.1 Å². The maximum Gasteiger partial charge on any atom is 0.0597 e. The van der Waals surface area contributed by atoms with Gasteiger partial charge in [0.15, 0.2) is 0 Å². The smallest absolute Gasteiger partial charge is 0.0597 e. The van der Waals surface area contributed by atoms with Crippen LogP contribution < -0.4 is 0 Å². The van der Waals surface area contributed by atoms with Crippen LogP contribution in [0.1, 0.15) is 4.88 Å². The summed E-state index contributed by atoms with van der Waals surface area (Å²) in [6, 6.07) is 4.34. The van der Waals surface area contributed by atoms with Crippen LogP contribution in [0.5, 0.6) is 0 Å². The van der Waals surface area contributed by atoms with E-state index in [0.29, 0.717) is 0 Å². The fraction of sp³-hybridized carbons (Fsp3) is 0.167. The molecule has 8 heavy (non-hydrogen) atoms. The zero-order valence-electron chi connectivity index (χ0n) is 4.65. The molecule has 1 rings (SSSR count). The zero-order valence-corrected chi connectivity index (χ0v) is 7.62. The molecular formula is C6H7IS. The first kappa shape index (κ1) is 6.42. The summed E-state index contributed by atoms with van der Waals surface area (Å²) in [4.78, 5) is 1.41. The normalized spacial score (nSPS) is 9.62. The molecule has 1 aromatic heterocycles. The lowest BCUT2D eigenvalue weighted by Crippen LogP contribution is -1.44. The van der Waals surface area contributed by atoms with Crippen LogP contribution in [-0.4, -0.2) is 4.51 Å². The molecule has 0 bridgehead atoms. The lowest BCUT2D eigenvalue weighted by molar-refractivity contribution is 1.64. The Bertz CT molecular complexity index is 190. The highest BCUT2D eigenvalue weighted by Gasteiger charge is 1.87. The van der Waals surface area contributed by atoms with Crippen LogP contribution >= 0.6 is 32.1 Å². The summed E-state index contributed by atoms with van der Waals surface area (Å²) >= 11 is 1.97. The molecule has 0 aliphatic heterocycles. The molecule has 2 heteroatoms. The van der Waals surface area contributed by atoms with Gasteiger partial charge in [0.05, 0.1) is 2.88 Å². The van der Waals surface area contributed by atoms with E-state index in [4.69, 9.17) is 0 Å². The van der Waals surface area contributed by atoms with Crippen LogP contribution in [0.3, 0.4) is 0 Å². The maximum atomic E-state index is 3.89. The monoisotopic (exact) mass is 238 g/mol. The van der Waals surface area contributed by atoms with Gasteiger partial charge < -0.3 is 0 Å². The maximum absolute atomic E-state index is 3.89. The molecule has 0 saturated carbocycles. The molecule has 1 aromatic rings. The summed E-state index contributed by atoms with van der Waals surface area (Å²) in [7, 11) is 0. The summed E-state index contributed by atoms with van der Waals surface area (Å²) < 4.78 is 5.38. The van der Waals surface area contributed by atoms with Crippen molar-refractivity contribution in [2.24, 2.45) is 0 Å². The first-order valence-corrected chi connectivity index (χ1v) is 5.70. The summed E-state index contributed by atoms with van der Waals surface area (Å²) in [6.45, 7) is 2.13. The van der Waals surface area contributed by atoms with E-state index in [1.807, 2.05) is 11.3 Å². The topological polar surface area (TPSA) is 0 Å². The Balaban J connectivity index is 3.00. The van der Waals surface area contributed by atoms with Crippen molar-refractivity contribution in [3.05, 3.63) is 19.9 Å². The minimum Gasteiger partial charge on any atom is -0.135 e. The lowest BCUT2D eigenvalue weighted by atomic mass is 10.5. The Morgan fingerprint density at radius 1 is 1.62 bits per heavy atom. The van der Waals surface area contributed by atoms with Crippen molar-refractivity contribution >= 4 is 36.6 Å². The van der Waals surface area contributed by atoms with E-state index in [1.165, 1.54) is 7.76 Å². The summed E-state index contributed by atoms with van der Waals surface area (Å²) in [5.41, 5.74) is 0. The fourth-order valence-electron chi connectivity index (χ4n) is 0.477. The molecule has 0 unspecified atom stereocenters. The third kappa shape index (κ3) is 1.39. The van der Waals surface area contributed by atoms with Crippen molar-refractivity contribution in [1.29, 1.82) is 0 Å². The number of thiophene rings is 1. The second-order valence-electron chi connectivity index (χ2n) is 1.48. The van der Waals surface area contributed by atoms with Crippen molar-refractivity contribution in [1.82, 2.24) is 0 Å². The summed E-state index contributed by atoms with van der Waals surface area (Å²) in [6.07, 6.45) is 0. The van der Waals surface area contributed by atoms with E-state index in [1.54, 1.807) is 0 Å². The minimum absolute atomic E-state index is 0.0987. The largest absolute Gasteiger partial charge is 0.135 e. The average molecular weight is 238 g/mol. The van der Waals surface area contributed by atoms with Gasteiger partial charge in [-0.1, -0.05) is 25.2 Å². The van der Waals surface area contributed by atoms with Gasteiger partial charge in [-0.2, -0.15) is 0 Å². The highest BCUT2D eigenvalue weighted by atomic mass is 127. The number of rotatable bonds is 1. The van der Waals surface area contributed by atoms with Crippen LogP contribution in [0, 0.1) is 9.81 Å². The first-order chi connectivity index (χ1) is 3.83. The quantitative estimate of drug-likeness (QED) is 0.660. The van der Waals surface area contributed by atoms with Gasteiger partial charge in [-0.05, 0) is 19.1 Å². The Hall–Kier alpha value is 0.300. The van der Waals surface area contributed by atoms with Crippen LogP contribution in [0.25, 0.3) is 0 Å². The third-order valence-electron chi connectivity index (χ3n) is 0.839. The summed E-state index contributed by atoms with van der Waals surface area (Å²) in [5.74, 6) is 0. The van der Waals surface area contributed by atoms with Crippen LogP contribution in [0.4, 0.5) is 0 Å². The Morgan fingerprint density at radius 2 is 2.38 bits per heavy atom. The highest BCUT2D eigenvalue weighted by Crippen LogP contribution is 2.19.